The number of carbonyl (C=O) groups excluding carboxylic acids is 1. The van der Waals surface area contributed by atoms with Crippen LogP contribution in [-0.2, 0) is 9.53 Å². The molecule has 0 radical (unpaired) electrons. The number of hydrogen-bond acceptors (Lipinski definition) is 3. The lowest BCUT2D eigenvalue weighted by atomic mass is 10.1. The van der Waals surface area contributed by atoms with Crippen molar-refractivity contribution in [1.29, 1.82) is 0 Å². The molecule has 0 aliphatic rings. The van der Waals surface area contributed by atoms with Crippen molar-refractivity contribution in [1.82, 2.24) is 0 Å². The van der Waals surface area contributed by atoms with E-state index in [0.29, 0.717) is 16.3 Å². The SMILES string of the molecule is COC(=O)C(Nc1cc(C)cc(F)c1)c1cccc(Cl)c1. The van der Waals surface area contributed by atoms with E-state index in [-0.39, 0.29) is 5.82 Å². The molecule has 1 N–H and O–H groups in total. The second-order valence-corrected chi connectivity index (χ2v) is 5.11. The summed E-state index contributed by atoms with van der Waals surface area (Å²) in [4.78, 5) is 12.0. The Morgan fingerprint density at radius 1 is 1.29 bits per heavy atom. The van der Waals surface area contributed by atoms with Gasteiger partial charge in [0.1, 0.15) is 5.82 Å². The van der Waals surface area contributed by atoms with Crippen LogP contribution in [0.25, 0.3) is 0 Å². The molecule has 0 amide bonds. The Bertz CT molecular complexity index is 640. The number of halogens is 2. The third kappa shape index (κ3) is 3.95. The number of nitrogens with one attached hydrogen (secondary N) is 1. The summed E-state index contributed by atoms with van der Waals surface area (Å²) in [6, 6.07) is 10.6. The molecular weight excluding hydrogens is 293 g/mol. The minimum atomic E-state index is -0.755. The zero-order chi connectivity index (χ0) is 15.4. The molecule has 0 saturated carbocycles. The number of esters is 1. The first-order chi connectivity index (χ1) is 9.99. The molecule has 0 heterocycles. The predicted octanol–water partition coefficient (Wildman–Crippen LogP) is 4.11. The van der Waals surface area contributed by atoms with Gasteiger partial charge in [-0.1, -0.05) is 23.7 Å². The van der Waals surface area contributed by atoms with Crippen molar-refractivity contribution in [2.45, 2.75) is 13.0 Å². The fourth-order valence-electron chi connectivity index (χ4n) is 2.07. The maximum Gasteiger partial charge on any atom is 0.332 e. The summed E-state index contributed by atoms with van der Waals surface area (Å²) in [6.45, 7) is 1.78. The first-order valence-corrected chi connectivity index (χ1v) is 6.74. The second kappa shape index (κ2) is 6.59. The number of methoxy groups -OCH3 is 1. The van der Waals surface area contributed by atoms with Crippen LogP contribution < -0.4 is 5.32 Å². The normalized spacial score (nSPS) is 11.8. The van der Waals surface area contributed by atoms with Gasteiger partial charge < -0.3 is 10.1 Å². The number of benzene rings is 2. The summed E-state index contributed by atoms with van der Waals surface area (Å²) >= 11 is 5.95. The lowest BCUT2D eigenvalue weighted by Crippen LogP contribution is -2.22. The first kappa shape index (κ1) is 15.3. The number of rotatable bonds is 4. The van der Waals surface area contributed by atoms with Gasteiger partial charge in [-0.05, 0) is 48.4 Å². The summed E-state index contributed by atoms with van der Waals surface area (Å²) in [7, 11) is 1.30. The highest BCUT2D eigenvalue weighted by Crippen LogP contribution is 2.24. The standard InChI is InChI=1S/C16H15ClFNO2/c1-10-6-13(18)9-14(7-10)19-15(16(20)21-2)11-4-3-5-12(17)8-11/h3-9,15,19H,1-2H3. The Morgan fingerprint density at radius 3 is 2.67 bits per heavy atom. The minimum Gasteiger partial charge on any atom is -0.467 e. The molecule has 110 valence electrons. The first-order valence-electron chi connectivity index (χ1n) is 6.36. The zero-order valence-corrected chi connectivity index (χ0v) is 12.4. The summed E-state index contributed by atoms with van der Waals surface area (Å²) in [5.41, 5.74) is 1.91. The van der Waals surface area contributed by atoms with Gasteiger partial charge in [0.2, 0.25) is 0 Å². The lowest BCUT2D eigenvalue weighted by molar-refractivity contribution is -0.141. The van der Waals surface area contributed by atoms with E-state index in [2.05, 4.69) is 5.32 Å². The molecule has 2 rings (SSSR count). The Morgan fingerprint density at radius 2 is 2.05 bits per heavy atom. The molecule has 1 unspecified atom stereocenters. The average molecular weight is 308 g/mol. The van der Waals surface area contributed by atoms with Crippen LogP contribution in [0.5, 0.6) is 0 Å². The van der Waals surface area contributed by atoms with Crippen LogP contribution in [0.3, 0.4) is 0 Å². The van der Waals surface area contributed by atoms with Crippen LogP contribution in [-0.4, -0.2) is 13.1 Å². The molecule has 2 aromatic carbocycles. The van der Waals surface area contributed by atoms with Crippen LogP contribution in [0.2, 0.25) is 5.02 Å². The van der Waals surface area contributed by atoms with Crippen molar-refractivity contribution < 1.29 is 13.9 Å². The largest absolute Gasteiger partial charge is 0.467 e. The molecule has 0 fully saturated rings. The number of hydrogen-bond donors (Lipinski definition) is 1. The maximum atomic E-state index is 13.5. The second-order valence-electron chi connectivity index (χ2n) is 4.67. The van der Waals surface area contributed by atoms with Crippen LogP contribution >= 0.6 is 11.6 Å². The summed E-state index contributed by atoms with van der Waals surface area (Å²) in [5.74, 6) is -0.841. The van der Waals surface area contributed by atoms with Gasteiger partial charge in [-0.25, -0.2) is 9.18 Å². The van der Waals surface area contributed by atoms with Crippen molar-refractivity contribution in [2.75, 3.05) is 12.4 Å². The van der Waals surface area contributed by atoms with E-state index in [4.69, 9.17) is 16.3 Å². The van der Waals surface area contributed by atoms with Gasteiger partial charge in [-0.15, -0.1) is 0 Å². The monoisotopic (exact) mass is 307 g/mol. The van der Waals surface area contributed by atoms with Gasteiger partial charge in [0.25, 0.3) is 0 Å². The molecule has 0 aromatic heterocycles. The van der Waals surface area contributed by atoms with E-state index in [0.717, 1.165) is 5.56 Å². The van der Waals surface area contributed by atoms with E-state index in [1.165, 1.54) is 19.2 Å². The Hall–Kier alpha value is -2.07. The number of aryl methyl sites for hydroxylation is 1. The molecule has 5 heteroatoms. The molecule has 3 nitrogen and oxygen atoms in total. The topological polar surface area (TPSA) is 38.3 Å². The fraction of sp³-hybridized carbons (Fsp3) is 0.188. The third-order valence-electron chi connectivity index (χ3n) is 2.97. The van der Waals surface area contributed by atoms with Gasteiger partial charge in [0.15, 0.2) is 6.04 Å². The van der Waals surface area contributed by atoms with E-state index in [9.17, 15) is 9.18 Å². The van der Waals surface area contributed by atoms with E-state index in [1.807, 2.05) is 0 Å². The third-order valence-corrected chi connectivity index (χ3v) is 3.21. The van der Waals surface area contributed by atoms with Crippen molar-refractivity contribution in [2.24, 2.45) is 0 Å². The van der Waals surface area contributed by atoms with Crippen LogP contribution in [0.4, 0.5) is 10.1 Å². The van der Waals surface area contributed by atoms with Gasteiger partial charge in [-0.3, -0.25) is 0 Å². The Labute approximate surface area is 127 Å². The highest BCUT2D eigenvalue weighted by atomic mass is 35.5. The molecular formula is C16H15ClFNO2. The molecule has 2 aromatic rings. The van der Waals surface area contributed by atoms with Crippen molar-refractivity contribution in [3.05, 3.63) is 64.4 Å². The van der Waals surface area contributed by atoms with Crippen molar-refractivity contribution >= 4 is 23.3 Å². The van der Waals surface area contributed by atoms with Gasteiger partial charge >= 0.3 is 5.97 Å². The predicted molar refractivity (Wildman–Crippen MR) is 81.0 cm³/mol. The highest BCUT2D eigenvalue weighted by Gasteiger charge is 2.21. The molecule has 0 spiro atoms. The van der Waals surface area contributed by atoms with E-state index >= 15 is 0 Å². The number of carbonyl (C=O) groups is 1. The minimum absolute atomic E-state index is 0.368. The Kier molecular flexibility index (Phi) is 4.81. The molecule has 0 saturated heterocycles. The number of ether oxygens (including phenoxy) is 1. The summed E-state index contributed by atoms with van der Waals surface area (Å²) in [6.07, 6.45) is 0. The van der Waals surface area contributed by atoms with Gasteiger partial charge in [0, 0.05) is 10.7 Å². The molecule has 0 aliphatic carbocycles. The van der Waals surface area contributed by atoms with Gasteiger partial charge in [-0.2, -0.15) is 0 Å². The fourth-order valence-corrected chi connectivity index (χ4v) is 2.27. The molecule has 1 atom stereocenters. The van der Waals surface area contributed by atoms with Crippen molar-refractivity contribution in [3.8, 4) is 0 Å². The quantitative estimate of drug-likeness (QED) is 0.864. The molecule has 0 aliphatic heterocycles. The van der Waals surface area contributed by atoms with E-state index in [1.54, 1.807) is 37.3 Å². The van der Waals surface area contributed by atoms with Crippen LogP contribution in [0.1, 0.15) is 17.2 Å². The van der Waals surface area contributed by atoms with Gasteiger partial charge in [0.05, 0.1) is 7.11 Å². The Balaban J connectivity index is 2.35. The molecule has 21 heavy (non-hydrogen) atoms. The van der Waals surface area contributed by atoms with Crippen LogP contribution in [0.15, 0.2) is 42.5 Å². The zero-order valence-electron chi connectivity index (χ0n) is 11.7. The smallest absolute Gasteiger partial charge is 0.332 e. The highest BCUT2D eigenvalue weighted by molar-refractivity contribution is 6.30. The lowest BCUT2D eigenvalue weighted by Gasteiger charge is -2.18. The maximum absolute atomic E-state index is 13.5. The van der Waals surface area contributed by atoms with E-state index < -0.39 is 12.0 Å². The molecule has 0 bridgehead atoms. The number of anilines is 1. The van der Waals surface area contributed by atoms with Crippen molar-refractivity contribution in [3.63, 3.8) is 0 Å². The summed E-state index contributed by atoms with van der Waals surface area (Å²) in [5, 5.41) is 3.49. The average Bonchev–Trinajstić information content (AvgIpc) is 2.43. The van der Waals surface area contributed by atoms with Crippen LogP contribution in [0, 0.1) is 12.7 Å². The summed E-state index contributed by atoms with van der Waals surface area (Å²) < 4.78 is 18.3.